The molecule has 1 aliphatic heterocycles. The molecule has 1 fully saturated rings. The van der Waals surface area contributed by atoms with Crippen LogP contribution in [0.3, 0.4) is 0 Å². The van der Waals surface area contributed by atoms with E-state index in [-0.39, 0.29) is 18.7 Å². The Morgan fingerprint density at radius 2 is 1.78 bits per heavy atom. The van der Waals surface area contributed by atoms with E-state index in [0.29, 0.717) is 24.5 Å². The van der Waals surface area contributed by atoms with Crippen LogP contribution in [-0.2, 0) is 9.59 Å². The molecule has 4 amide bonds. The molecule has 0 aromatic carbocycles. The Labute approximate surface area is 139 Å². The van der Waals surface area contributed by atoms with Crippen LogP contribution in [0, 0.1) is 0 Å². The lowest BCUT2D eigenvalue weighted by molar-refractivity contribution is -0.135. The van der Waals surface area contributed by atoms with E-state index in [1.807, 2.05) is 6.92 Å². The van der Waals surface area contributed by atoms with Gasteiger partial charge < -0.3 is 4.42 Å². The van der Waals surface area contributed by atoms with Crippen molar-refractivity contribution in [3.8, 4) is 0 Å². The van der Waals surface area contributed by atoms with Crippen molar-refractivity contribution in [3.63, 3.8) is 0 Å². The van der Waals surface area contributed by atoms with Crippen LogP contribution < -0.4 is 0 Å². The molecule has 0 saturated carbocycles. The summed E-state index contributed by atoms with van der Waals surface area (Å²) in [4.78, 5) is 39.6. The Kier molecular flexibility index (Phi) is 5.98. The van der Waals surface area contributed by atoms with Gasteiger partial charge in [0.05, 0.1) is 6.26 Å². The van der Waals surface area contributed by atoms with Gasteiger partial charge in [-0.1, -0.05) is 13.3 Å². The van der Waals surface area contributed by atoms with E-state index >= 15 is 0 Å². The monoisotopic (exact) mass is 338 g/mol. The summed E-state index contributed by atoms with van der Waals surface area (Å²) in [6.07, 6.45) is 4.83. The number of unbranched alkanes of at least 4 members (excludes halogenated alkanes) is 1. The number of amides is 4. The Balaban J connectivity index is 2.34. The molecule has 1 aliphatic rings. The molecule has 0 aliphatic carbocycles. The van der Waals surface area contributed by atoms with Gasteiger partial charge in [-0.3, -0.25) is 19.4 Å². The maximum atomic E-state index is 12.5. The van der Waals surface area contributed by atoms with Crippen LogP contribution in [0.25, 0.3) is 6.08 Å². The summed E-state index contributed by atoms with van der Waals surface area (Å²) in [6.45, 7) is 2.44. The van der Waals surface area contributed by atoms with Gasteiger partial charge in [0.15, 0.2) is 0 Å². The molecule has 0 N–H and O–H groups in total. The van der Waals surface area contributed by atoms with E-state index in [2.05, 4.69) is 0 Å². The van der Waals surface area contributed by atoms with Gasteiger partial charge in [-0.15, -0.1) is 11.6 Å². The van der Waals surface area contributed by atoms with Gasteiger partial charge in [-0.2, -0.15) is 0 Å². The molecular formula is C16H19ClN2O4. The summed E-state index contributed by atoms with van der Waals surface area (Å²) in [5, 5.41) is 0. The number of carbonyl (C=O) groups excluding carboxylic acids is 3. The van der Waals surface area contributed by atoms with Crippen LogP contribution in [0.2, 0.25) is 0 Å². The molecule has 1 aromatic rings. The van der Waals surface area contributed by atoms with Crippen molar-refractivity contribution in [2.45, 2.75) is 26.2 Å². The minimum absolute atomic E-state index is 0.0646. The van der Waals surface area contributed by atoms with E-state index in [0.717, 1.165) is 16.2 Å². The average molecular weight is 339 g/mol. The molecule has 0 unspecified atom stereocenters. The molecule has 23 heavy (non-hydrogen) atoms. The number of hydrogen-bond acceptors (Lipinski definition) is 4. The molecule has 0 radical (unpaired) electrons. The summed E-state index contributed by atoms with van der Waals surface area (Å²) < 4.78 is 5.17. The fourth-order valence-electron chi connectivity index (χ4n) is 2.27. The number of halogens is 1. The summed E-state index contributed by atoms with van der Waals surface area (Å²) in [7, 11) is 0. The molecule has 0 spiro atoms. The van der Waals surface area contributed by atoms with Crippen molar-refractivity contribution < 1.29 is 18.8 Å². The van der Waals surface area contributed by atoms with Gasteiger partial charge in [-0.05, 0) is 31.1 Å². The summed E-state index contributed by atoms with van der Waals surface area (Å²) in [5.41, 5.74) is -0.0646. The lowest BCUT2D eigenvalue weighted by atomic mass is 10.1. The molecule has 6 nitrogen and oxygen atoms in total. The van der Waals surface area contributed by atoms with Crippen molar-refractivity contribution >= 4 is 35.5 Å². The predicted octanol–water partition coefficient (Wildman–Crippen LogP) is 2.88. The summed E-state index contributed by atoms with van der Waals surface area (Å²) >= 11 is 5.66. The number of imide groups is 2. The maximum Gasteiger partial charge on any atom is 0.333 e. The van der Waals surface area contributed by atoms with E-state index < -0.39 is 17.8 Å². The maximum absolute atomic E-state index is 12.5. The Morgan fingerprint density at radius 3 is 2.30 bits per heavy atom. The number of barbiturate groups is 1. The van der Waals surface area contributed by atoms with Gasteiger partial charge in [0.1, 0.15) is 11.3 Å². The van der Waals surface area contributed by atoms with Gasteiger partial charge >= 0.3 is 6.03 Å². The van der Waals surface area contributed by atoms with Gasteiger partial charge in [0, 0.05) is 19.0 Å². The summed E-state index contributed by atoms with van der Waals surface area (Å²) in [6, 6.07) is 2.73. The minimum atomic E-state index is -0.603. The molecule has 7 heteroatoms. The Morgan fingerprint density at radius 1 is 1.13 bits per heavy atom. The van der Waals surface area contributed by atoms with Crippen molar-refractivity contribution in [1.29, 1.82) is 0 Å². The van der Waals surface area contributed by atoms with Crippen LogP contribution in [0.15, 0.2) is 28.4 Å². The third-order valence-corrected chi connectivity index (χ3v) is 3.76. The fraction of sp³-hybridized carbons (Fsp3) is 0.438. The highest BCUT2D eigenvalue weighted by Gasteiger charge is 2.41. The average Bonchev–Trinajstić information content (AvgIpc) is 3.04. The predicted molar refractivity (Wildman–Crippen MR) is 85.8 cm³/mol. The van der Waals surface area contributed by atoms with Crippen molar-refractivity contribution in [3.05, 3.63) is 29.7 Å². The number of furan rings is 1. The number of alkyl halides is 1. The smallest absolute Gasteiger partial charge is 0.333 e. The van der Waals surface area contributed by atoms with E-state index in [1.54, 1.807) is 12.1 Å². The number of carbonyl (C=O) groups is 3. The van der Waals surface area contributed by atoms with Crippen molar-refractivity contribution in [1.82, 2.24) is 9.80 Å². The third kappa shape index (κ3) is 3.82. The second-order valence-corrected chi connectivity index (χ2v) is 5.54. The number of nitrogens with zero attached hydrogens (tertiary/aromatic N) is 2. The van der Waals surface area contributed by atoms with Gasteiger partial charge in [0.25, 0.3) is 11.8 Å². The zero-order valence-electron chi connectivity index (χ0n) is 13.0. The molecule has 2 heterocycles. The largest absolute Gasteiger partial charge is 0.465 e. The zero-order valence-corrected chi connectivity index (χ0v) is 13.7. The fourth-order valence-corrected chi connectivity index (χ4v) is 2.39. The van der Waals surface area contributed by atoms with E-state index in [9.17, 15) is 14.4 Å². The first-order chi connectivity index (χ1) is 11.1. The summed E-state index contributed by atoms with van der Waals surface area (Å²) in [5.74, 6) is -0.456. The van der Waals surface area contributed by atoms with E-state index in [1.165, 1.54) is 12.3 Å². The molecular weight excluding hydrogens is 320 g/mol. The lowest BCUT2D eigenvalue weighted by Gasteiger charge is -2.33. The Hall–Kier alpha value is -2.08. The quantitative estimate of drug-likeness (QED) is 0.435. The molecule has 124 valence electrons. The second-order valence-electron chi connectivity index (χ2n) is 5.17. The molecule has 0 atom stereocenters. The molecule has 2 rings (SSSR count). The molecule has 0 bridgehead atoms. The first kappa shape index (κ1) is 17.3. The highest BCUT2D eigenvalue weighted by atomic mass is 35.5. The topological polar surface area (TPSA) is 70.8 Å². The van der Waals surface area contributed by atoms with Crippen LogP contribution >= 0.6 is 11.6 Å². The number of rotatable bonds is 7. The SMILES string of the molecule is CCCCN1C(=O)/C(=C\c2ccco2)C(=O)N(CCCCl)C1=O. The van der Waals surface area contributed by atoms with E-state index in [4.69, 9.17) is 16.0 Å². The van der Waals surface area contributed by atoms with Crippen molar-refractivity contribution in [2.75, 3.05) is 19.0 Å². The van der Waals surface area contributed by atoms with Crippen LogP contribution in [0.5, 0.6) is 0 Å². The first-order valence-corrected chi connectivity index (χ1v) is 8.12. The normalized spacial score (nSPS) is 17.5. The standard InChI is InChI=1S/C16H19ClN2O4/c1-2-3-8-18-14(20)13(11-12-6-4-10-23-12)15(21)19(16(18)22)9-5-7-17/h4,6,10-11H,2-3,5,7-9H2,1H3/b13-11+. The van der Waals surface area contributed by atoms with Crippen molar-refractivity contribution in [2.24, 2.45) is 0 Å². The molecule has 1 aromatic heterocycles. The molecule has 1 saturated heterocycles. The number of urea groups is 1. The highest BCUT2D eigenvalue weighted by Crippen LogP contribution is 2.21. The van der Waals surface area contributed by atoms with Gasteiger partial charge in [0.2, 0.25) is 0 Å². The minimum Gasteiger partial charge on any atom is -0.465 e. The zero-order chi connectivity index (χ0) is 16.8. The first-order valence-electron chi connectivity index (χ1n) is 7.59. The Bertz CT molecular complexity index is 578. The van der Waals surface area contributed by atoms with Crippen LogP contribution in [0.1, 0.15) is 31.9 Å². The van der Waals surface area contributed by atoms with Crippen LogP contribution in [0.4, 0.5) is 4.79 Å². The van der Waals surface area contributed by atoms with Gasteiger partial charge in [-0.25, -0.2) is 4.79 Å². The second kappa shape index (κ2) is 7.97. The van der Waals surface area contributed by atoms with Crippen LogP contribution in [-0.4, -0.2) is 46.6 Å². The lowest BCUT2D eigenvalue weighted by Crippen LogP contribution is -2.56. The third-order valence-electron chi connectivity index (χ3n) is 3.49. The number of hydrogen-bond donors (Lipinski definition) is 0. The highest BCUT2D eigenvalue weighted by molar-refractivity contribution is 6.30.